The van der Waals surface area contributed by atoms with Gasteiger partial charge >= 0.3 is 0 Å². The molecule has 0 saturated heterocycles. The third-order valence-electron chi connectivity index (χ3n) is 6.02. The Morgan fingerprint density at radius 2 is 1.70 bits per heavy atom. The van der Waals surface area contributed by atoms with Crippen molar-refractivity contribution in [3.8, 4) is 28.7 Å². The van der Waals surface area contributed by atoms with E-state index in [0.29, 0.717) is 12.4 Å². The molecule has 8 nitrogen and oxygen atoms in total. The van der Waals surface area contributed by atoms with Gasteiger partial charge in [0.1, 0.15) is 22.9 Å². The summed E-state index contributed by atoms with van der Waals surface area (Å²) >= 11 is 0. The van der Waals surface area contributed by atoms with Crippen molar-refractivity contribution in [1.29, 1.82) is 0 Å². The molecule has 0 spiro atoms. The lowest BCUT2D eigenvalue weighted by molar-refractivity contribution is 0.104. The number of hydrogen-bond acceptors (Lipinski definition) is 7. The number of imidazole rings is 1. The molecule has 0 aliphatic heterocycles. The van der Waals surface area contributed by atoms with Crippen LogP contribution in [-0.2, 0) is 6.54 Å². The summed E-state index contributed by atoms with van der Waals surface area (Å²) in [6, 6.07) is 16.9. The molecule has 3 aromatic carbocycles. The fraction of sp³-hybridized carbons (Fsp3) is 0.241. The topological polar surface area (TPSA) is 92.0 Å². The number of aryl methyl sites for hydroxylation is 2. The molecule has 8 heteroatoms. The van der Waals surface area contributed by atoms with Gasteiger partial charge in [0, 0.05) is 18.2 Å². The summed E-state index contributed by atoms with van der Waals surface area (Å²) in [5.74, 6) is 1.49. The highest BCUT2D eigenvalue weighted by molar-refractivity contribution is 6.11. The first-order chi connectivity index (χ1) is 18.0. The Kier molecular flexibility index (Phi) is 7.98. The number of carbonyl (C=O) groups is 1. The maximum absolute atomic E-state index is 13.1. The first-order valence-electron chi connectivity index (χ1n) is 11.9. The smallest absolute Gasteiger partial charge is 0.204 e. The summed E-state index contributed by atoms with van der Waals surface area (Å²) in [7, 11) is 4.27. The van der Waals surface area contributed by atoms with E-state index in [1.165, 1.54) is 33.5 Å². The number of ketones is 1. The van der Waals surface area contributed by atoms with E-state index >= 15 is 0 Å². The van der Waals surface area contributed by atoms with Crippen LogP contribution >= 0.6 is 0 Å². The summed E-state index contributed by atoms with van der Waals surface area (Å²) in [4.78, 5) is 17.7. The number of carbonyl (C=O) groups excluding carboxylic acids is 1. The Balaban J connectivity index is 1.47. The van der Waals surface area contributed by atoms with Crippen LogP contribution in [0, 0.1) is 6.92 Å². The van der Waals surface area contributed by atoms with Crippen molar-refractivity contribution in [2.24, 2.45) is 0 Å². The summed E-state index contributed by atoms with van der Waals surface area (Å²) < 4.78 is 24.2. The number of methoxy groups -OCH3 is 3. The molecule has 37 heavy (non-hydrogen) atoms. The maximum Gasteiger partial charge on any atom is 0.204 e. The molecule has 0 bridgehead atoms. The lowest BCUT2D eigenvalue weighted by Crippen LogP contribution is -2.06. The number of benzene rings is 3. The molecule has 0 aliphatic carbocycles. The molecule has 0 saturated carbocycles. The van der Waals surface area contributed by atoms with E-state index in [4.69, 9.17) is 18.9 Å². The molecular weight excluding hydrogens is 472 g/mol. The Bertz CT molecular complexity index is 1440. The fourth-order valence-corrected chi connectivity index (χ4v) is 4.26. The largest absolute Gasteiger partial charge is 0.507 e. The normalized spacial score (nSPS) is 11.1. The van der Waals surface area contributed by atoms with Crippen molar-refractivity contribution in [3.05, 3.63) is 77.6 Å². The van der Waals surface area contributed by atoms with Crippen LogP contribution in [0.1, 0.15) is 28.2 Å². The Labute approximate surface area is 215 Å². The van der Waals surface area contributed by atoms with Crippen LogP contribution in [0.2, 0.25) is 0 Å². The van der Waals surface area contributed by atoms with Gasteiger partial charge in [-0.3, -0.25) is 4.79 Å². The van der Waals surface area contributed by atoms with Crippen LogP contribution in [0.25, 0.3) is 17.1 Å². The minimum Gasteiger partial charge on any atom is -0.507 e. The lowest BCUT2D eigenvalue weighted by atomic mass is 10.0. The van der Waals surface area contributed by atoms with Gasteiger partial charge in [-0.25, -0.2) is 4.98 Å². The molecule has 0 atom stereocenters. The minimum atomic E-state index is -0.451. The second-order valence-corrected chi connectivity index (χ2v) is 8.28. The van der Waals surface area contributed by atoms with Gasteiger partial charge in [-0.15, -0.1) is 0 Å². The van der Waals surface area contributed by atoms with Crippen molar-refractivity contribution in [2.45, 2.75) is 19.9 Å². The SMILES string of the molecule is COc1cc(O)c(C(=O)/C=C/c2ccccc2OCCCn2c(C)nc3ccccc32)c(OC)c1OC. The molecular formula is C29H30N2O6. The zero-order valence-electron chi connectivity index (χ0n) is 21.4. The Hall–Kier alpha value is -4.46. The van der Waals surface area contributed by atoms with Crippen molar-refractivity contribution >= 4 is 22.9 Å². The van der Waals surface area contributed by atoms with Crippen LogP contribution in [-0.4, -0.2) is 48.4 Å². The van der Waals surface area contributed by atoms with Crippen molar-refractivity contribution in [3.63, 3.8) is 0 Å². The quantitative estimate of drug-likeness (QED) is 0.166. The van der Waals surface area contributed by atoms with Crippen LogP contribution in [0.4, 0.5) is 0 Å². The number of ether oxygens (including phenoxy) is 4. The van der Waals surface area contributed by atoms with E-state index in [1.54, 1.807) is 6.08 Å². The van der Waals surface area contributed by atoms with E-state index < -0.39 is 5.78 Å². The molecule has 0 aliphatic rings. The monoisotopic (exact) mass is 502 g/mol. The second kappa shape index (κ2) is 11.5. The maximum atomic E-state index is 13.1. The van der Waals surface area contributed by atoms with Gasteiger partial charge in [-0.05, 0) is 43.7 Å². The van der Waals surface area contributed by atoms with E-state index in [1.807, 2.05) is 49.4 Å². The van der Waals surface area contributed by atoms with Crippen LogP contribution < -0.4 is 18.9 Å². The molecule has 4 rings (SSSR count). The van der Waals surface area contributed by atoms with Gasteiger partial charge in [-0.2, -0.15) is 0 Å². The van der Waals surface area contributed by atoms with Crippen LogP contribution in [0.3, 0.4) is 0 Å². The summed E-state index contributed by atoms with van der Waals surface area (Å²) in [6.45, 7) is 3.28. The molecule has 1 aromatic heterocycles. The van der Waals surface area contributed by atoms with E-state index in [0.717, 1.165) is 35.4 Å². The molecule has 4 aromatic rings. The molecule has 0 unspecified atom stereocenters. The van der Waals surface area contributed by atoms with Gasteiger partial charge in [-0.1, -0.05) is 30.3 Å². The van der Waals surface area contributed by atoms with Gasteiger partial charge in [0.25, 0.3) is 0 Å². The summed E-state index contributed by atoms with van der Waals surface area (Å²) in [5.41, 5.74) is 2.81. The number of aromatic hydroxyl groups is 1. The first-order valence-corrected chi connectivity index (χ1v) is 11.9. The van der Waals surface area contributed by atoms with Crippen LogP contribution in [0.15, 0.2) is 60.7 Å². The third-order valence-corrected chi connectivity index (χ3v) is 6.02. The van der Waals surface area contributed by atoms with Crippen LogP contribution in [0.5, 0.6) is 28.7 Å². The van der Waals surface area contributed by atoms with Gasteiger partial charge in [0.15, 0.2) is 17.3 Å². The average molecular weight is 503 g/mol. The van der Waals surface area contributed by atoms with Crippen molar-refractivity contribution in [1.82, 2.24) is 9.55 Å². The van der Waals surface area contributed by atoms with E-state index in [9.17, 15) is 9.90 Å². The van der Waals surface area contributed by atoms with E-state index in [-0.39, 0.29) is 28.6 Å². The molecule has 0 fully saturated rings. The number of rotatable bonds is 11. The Morgan fingerprint density at radius 3 is 2.46 bits per heavy atom. The number of aromatic nitrogens is 2. The number of phenolic OH excluding ortho intramolecular Hbond substituents is 1. The predicted molar refractivity (Wildman–Crippen MR) is 142 cm³/mol. The molecule has 1 heterocycles. The minimum absolute atomic E-state index is 0.0160. The average Bonchev–Trinajstić information content (AvgIpc) is 3.24. The zero-order valence-corrected chi connectivity index (χ0v) is 21.4. The van der Waals surface area contributed by atoms with Crippen molar-refractivity contribution in [2.75, 3.05) is 27.9 Å². The number of hydrogen-bond donors (Lipinski definition) is 1. The standard InChI is InChI=1S/C29H30N2O6/c1-19-30-21-11-6-7-12-22(21)31(19)16-9-17-37-25-13-8-5-10-20(25)14-15-23(32)27-24(33)18-26(34-2)28(35-3)29(27)36-4/h5-8,10-15,18,33H,9,16-17H2,1-4H3/b15-14+. The first kappa shape index (κ1) is 25.6. The lowest BCUT2D eigenvalue weighted by Gasteiger charge is -2.16. The van der Waals surface area contributed by atoms with Gasteiger partial charge < -0.3 is 28.6 Å². The molecule has 1 N–H and O–H groups in total. The highest BCUT2D eigenvalue weighted by Crippen LogP contribution is 2.45. The van der Waals surface area contributed by atoms with Gasteiger partial charge in [0.2, 0.25) is 5.75 Å². The molecule has 0 radical (unpaired) electrons. The van der Waals surface area contributed by atoms with Gasteiger partial charge in [0.05, 0.1) is 39.0 Å². The Morgan fingerprint density at radius 1 is 0.973 bits per heavy atom. The predicted octanol–water partition coefficient (Wildman–Crippen LogP) is 5.44. The van der Waals surface area contributed by atoms with Crippen molar-refractivity contribution < 1.29 is 28.8 Å². The fourth-order valence-electron chi connectivity index (χ4n) is 4.26. The summed E-state index contributed by atoms with van der Waals surface area (Å²) in [6.07, 6.45) is 3.81. The van der Waals surface area contributed by atoms with E-state index in [2.05, 4.69) is 15.6 Å². The summed E-state index contributed by atoms with van der Waals surface area (Å²) in [5, 5.41) is 10.5. The number of fused-ring (bicyclic) bond motifs is 1. The second-order valence-electron chi connectivity index (χ2n) is 8.28. The zero-order chi connectivity index (χ0) is 26.4. The number of para-hydroxylation sites is 3. The number of allylic oxidation sites excluding steroid dienone is 1. The molecule has 0 amide bonds. The molecule has 192 valence electrons. The highest BCUT2D eigenvalue weighted by atomic mass is 16.5. The highest BCUT2D eigenvalue weighted by Gasteiger charge is 2.24. The number of phenols is 1. The number of nitrogens with zero attached hydrogens (tertiary/aromatic N) is 2. The third kappa shape index (κ3) is 5.38.